The number of methoxy groups -OCH3 is 2. The molecule has 0 N–H and O–H groups in total. The van der Waals surface area contributed by atoms with Gasteiger partial charge in [0.1, 0.15) is 0 Å². The van der Waals surface area contributed by atoms with Crippen molar-refractivity contribution in [3.05, 3.63) is 12.7 Å². The van der Waals surface area contributed by atoms with Gasteiger partial charge in [-0.25, -0.2) is 0 Å². The maximum absolute atomic E-state index is 11.8. The molecule has 4 nitrogen and oxygen atoms in total. The third kappa shape index (κ3) is 2.25. The Hall–Kier alpha value is -1.76. The molecule has 0 saturated carbocycles. The van der Waals surface area contributed by atoms with Gasteiger partial charge in [0.05, 0.1) is 14.2 Å². The van der Waals surface area contributed by atoms with Gasteiger partial charge in [0.2, 0.25) is 0 Å². The van der Waals surface area contributed by atoms with E-state index in [1.165, 1.54) is 20.3 Å². The predicted octanol–water partition coefficient (Wildman–Crippen LogP) is 1.16. The summed E-state index contributed by atoms with van der Waals surface area (Å²) in [5.41, 5.74) is -1.50. The zero-order valence-electron chi connectivity index (χ0n) is 9.78. The summed E-state index contributed by atoms with van der Waals surface area (Å²) in [4.78, 5) is 23.5. The first-order chi connectivity index (χ1) is 7.50. The Morgan fingerprint density at radius 2 is 1.88 bits per heavy atom. The predicted molar refractivity (Wildman–Crippen MR) is 59.3 cm³/mol. The lowest BCUT2D eigenvalue weighted by Gasteiger charge is -2.30. The summed E-state index contributed by atoms with van der Waals surface area (Å²) in [7, 11) is 2.40. The first-order valence-electron chi connectivity index (χ1n) is 4.74. The van der Waals surface area contributed by atoms with Gasteiger partial charge in [-0.2, -0.15) is 0 Å². The van der Waals surface area contributed by atoms with Gasteiger partial charge < -0.3 is 9.47 Å². The molecule has 0 heterocycles. The molecule has 0 amide bonds. The second kappa shape index (κ2) is 5.96. The standard InChI is InChI=1S/C12H16O4/c1-6-8-12(9(3)7-2,10(13)15-4)11(14)16-5/h1,7,9H,2,8H2,3-5H3. The monoisotopic (exact) mass is 224 g/mol. The van der Waals surface area contributed by atoms with E-state index in [1.807, 2.05) is 0 Å². The number of hydrogen-bond acceptors (Lipinski definition) is 4. The summed E-state index contributed by atoms with van der Waals surface area (Å²) in [6.45, 7) is 5.22. The van der Waals surface area contributed by atoms with E-state index in [1.54, 1.807) is 6.92 Å². The van der Waals surface area contributed by atoms with E-state index in [4.69, 9.17) is 6.42 Å². The summed E-state index contributed by atoms with van der Waals surface area (Å²) < 4.78 is 9.26. The second-order valence-corrected chi connectivity index (χ2v) is 3.36. The normalized spacial score (nSPS) is 12.1. The number of rotatable bonds is 5. The lowest BCUT2D eigenvalue weighted by molar-refractivity contribution is -0.171. The Kier molecular flexibility index (Phi) is 5.31. The van der Waals surface area contributed by atoms with Crippen molar-refractivity contribution >= 4 is 11.9 Å². The molecule has 0 aliphatic heterocycles. The zero-order valence-corrected chi connectivity index (χ0v) is 9.78. The van der Waals surface area contributed by atoms with Crippen molar-refractivity contribution in [3.63, 3.8) is 0 Å². The van der Waals surface area contributed by atoms with Crippen LogP contribution in [0, 0.1) is 23.7 Å². The maximum Gasteiger partial charge on any atom is 0.324 e. The molecule has 16 heavy (non-hydrogen) atoms. The van der Waals surface area contributed by atoms with Crippen LogP contribution in [0.4, 0.5) is 0 Å². The van der Waals surface area contributed by atoms with E-state index >= 15 is 0 Å². The number of carbonyl (C=O) groups excluding carboxylic acids is 2. The third-order valence-electron chi connectivity index (χ3n) is 2.61. The maximum atomic E-state index is 11.8. The minimum atomic E-state index is -1.50. The molecule has 0 aromatic heterocycles. The molecular formula is C12H16O4. The number of carbonyl (C=O) groups is 2. The Bertz CT molecular complexity index is 308. The molecule has 0 aromatic carbocycles. The first-order valence-corrected chi connectivity index (χ1v) is 4.74. The number of allylic oxidation sites excluding steroid dienone is 1. The summed E-state index contributed by atoms with van der Waals surface area (Å²) in [5.74, 6) is 0.428. The minimum Gasteiger partial charge on any atom is -0.468 e. The quantitative estimate of drug-likeness (QED) is 0.304. The van der Waals surface area contributed by atoms with Crippen molar-refractivity contribution in [2.24, 2.45) is 11.3 Å². The smallest absolute Gasteiger partial charge is 0.324 e. The highest BCUT2D eigenvalue weighted by Gasteiger charge is 2.51. The van der Waals surface area contributed by atoms with Gasteiger partial charge in [0, 0.05) is 12.3 Å². The lowest BCUT2D eigenvalue weighted by Crippen LogP contribution is -2.45. The average molecular weight is 224 g/mol. The molecule has 0 aliphatic carbocycles. The summed E-state index contributed by atoms with van der Waals surface area (Å²) in [5, 5.41) is 0. The molecule has 88 valence electrons. The summed E-state index contributed by atoms with van der Waals surface area (Å²) >= 11 is 0. The van der Waals surface area contributed by atoms with Crippen LogP contribution < -0.4 is 0 Å². The Morgan fingerprint density at radius 3 is 2.12 bits per heavy atom. The van der Waals surface area contributed by atoms with Crippen LogP contribution in [0.2, 0.25) is 0 Å². The van der Waals surface area contributed by atoms with Gasteiger partial charge >= 0.3 is 11.9 Å². The molecule has 1 unspecified atom stereocenters. The van der Waals surface area contributed by atoms with Crippen LogP contribution in [-0.2, 0) is 19.1 Å². The van der Waals surface area contributed by atoms with E-state index in [-0.39, 0.29) is 6.42 Å². The van der Waals surface area contributed by atoms with Gasteiger partial charge in [0.15, 0.2) is 5.41 Å². The number of esters is 2. The van der Waals surface area contributed by atoms with Crippen LogP contribution in [0.1, 0.15) is 13.3 Å². The van der Waals surface area contributed by atoms with Crippen molar-refractivity contribution < 1.29 is 19.1 Å². The van der Waals surface area contributed by atoms with Gasteiger partial charge in [-0.3, -0.25) is 9.59 Å². The average Bonchev–Trinajstić information content (AvgIpc) is 2.32. The van der Waals surface area contributed by atoms with E-state index in [2.05, 4.69) is 22.0 Å². The summed E-state index contributed by atoms with van der Waals surface area (Å²) in [6, 6.07) is 0. The molecule has 0 spiro atoms. The second-order valence-electron chi connectivity index (χ2n) is 3.36. The topological polar surface area (TPSA) is 52.6 Å². The fourth-order valence-electron chi connectivity index (χ4n) is 1.49. The highest BCUT2D eigenvalue weighted by Crippen LogP contribution is 2.35. The highest BCUT2D eigenvalue weighted by molar-refractivity contribution is 6.01. The van der Waals surface area contributed by atoms with Crippen molar-refractivity contribution in [1.82, 2.24) is 0 Å². The fraction of sp³-hybridized carbons (Fsp3) is 0.500. The molecule has 4 heteroatoms. The van der Waals surface area contributed by atoms with Crippen molar-refractivity contribution in [2.45, 2.75) is 13.3 Å². The first kappa shape index (κ1) is 14.2. The van der Waals surface area contributed by atoms with Gasteiger partial charge in [-0.15, -0.1) is 18.9 Å². The summed E-state index contributed by atoms with van der Waals surface area (Å²) in [6.07, 6.45) is 6.59. The van der Waals surface area contributed by atoms with Gasteiger partial charge in [-0.05, 0) is 0 Å². The van der Waals surface area contributed by atoms with Crippen molar-refractivity contribution in [1.29, 1.82) is 0 Å². The molecule has 0 aromatic rings. The third-order valence-corrected chi connectivity index (χ3v) is 2.61. The number of ether oxygens (including phenoxy) is 2. The highest BCUT2D eigenvalue weighted by atomic mass is 16.5. The SMILES string of the molecule is C#CCC(C(=O)OC)(C(=O)OC)C(C)C=C. The molecule has 0 aliphatic rings. The van der Waals surface area contributed by atoms with Crippen LogP contribution in [-0.4, -0.2) is 26.2 Å². The molecule has 0 fully saturated rings. The lowest BCUT2D eigenvalue weighted by atomic mass is 9.73. The number of hydrogen-bond donors (Lipinski definition) is 0. The van der Waals surface area contributed by atoms with Crippen molar-refractivity contribution in [3.8, 4) is 12.3 Å². The Morgan fingerprint density at radius 1 is 1.44 bits per heavy atom. The Balaban J connectivity index is 5.57. The van der Waals surface area contributed by atoms with Crippen LogP contribution in [0.15, 0.2) is 12.7 Å². The molecule has 0 radical (unpaired) electrons. The molecule has 0 rings (SSSR count). The molecule has 0 bridgehead atoms. The fourth-order valence-corrected chi connectivity index (χ4v) is 1.49. The van der Waals surface area contributed by atoms with E-state index < -0.39 is 23.3 Å². The van der Waals surface area contributed by atoms with Crippen LogP contribution in [0.25, 0.3) is 0 Å². The van der Waals surface area contributed by atoms with Crippen LogP contribution in [0.3, 0.4) is 0 Å². The van der Waals surface area contributed by atoms with E-state index in [9.17, 15) is 9.59 Å². The zero-order chi connectivity index (χ0) is 12.8. The Labute approximate surface area is 95.6 Å². The van der Waals surface area contributed by atoms with E-state index in [0.717, 1.165) is 0 Å². The largest absolute Gasteiger partial charge is 0.468 e. The van der Waals surface area contributed by atoms with Gasteiger partial charge in [0.25, 0.3) is 0 Å². The molecular weight excluding hydrogens is 208 g/mol. The van der Waals surface area contributed by atoms with Crippen molar-refractivity contribution in [2.75, 3.05) is 14.2 Å². The molecule has 0 saturated heterocycles. The van der Waals surface area contributed by atoms with Crippen LogP contribution in [0.5, 0.6) is 0 Å². The minimum absolute atomic E-state index is 0.0838. The molecule has 1 atom stereocenters. The number of terminal acetylenes is 1. The van der Waals surface area contributed by atoms with Crippen LogP contribution >= 0.6 is 0 Å². The van der Waals surface area contributed by atoms with Gasteiger partial charge in [-0.1, -0.05) is 13.0 Å². The van der Waals surface area contributed by atoms with E-state index in [0.29, 0.717) is 0 Å².